The summed E-state index contributed by atoms with van der Waals surface area (Å²) in [6.45, 7) is 6.71. The predicted molar refractivity (Wildman–Crippen MR) is 192 cm³/mol. The van der Waals surface area contributed by atoms with Crippen LogP contribution in [0.1, 0.15) is 133 Å². The number of fused-ring (bicyclic) bond motifs is 1. The van der Waals surface area contributed by atoms with E-state index >= 15 is 0 Å². The smallest absolute Gasteiger partial charge is 0.303 e. The van der Waals surface area contributed by atoms with E-state index < -0.39 is 12.3 Å². The Labute approximate surface area is 297 Å². The van der Waals surface area contributed by atoms with Crippen molar-refractivity contribution in [3.05, 3.63) is 65.2 Å². The van der Waals surface area contributed by atoms with Crippen LogP contribution in [0.3, 0.4) is 0 Å². The lowest BCUT2D eigenvalue weighted by molar-refractivity contribution is -0.255. The highest BCUT2D eigenvalue weighted by molar-refractivity contribution is 5.90. The zero-order chi connectivity index (χ0) is 35.7. The van der Waals surface area contributed by atoms with Gasteiger partial charge in [-0.1, -0.05) is 62.1 Å². The molecule has 0 bridgehead atoms. The number of piperidine rings is 1. The summed E-state index contributed by atoms with van der Waals surface area (Å²) in [5.41, 5.74) is 3.09. The number of benzene rings is 2. The first-order valence-electron chi connectivity index (χ1n) is 18.7. The molecule has 50 heavy (non-hydrogen) atoms. The van der Waals surface area contributed by atoms with E-state index in [2.05, 4.69) is 15.5 Å². The number of carbonyl (C=O) groups excluding carboxylic acids is 2. The second-order valence-corrected chi connectivity index (χ2v) is 15.5. The van der Waals surface area contributed by atoms with Gasteiger partial charge in [0.15, 0.2) is 6.29 Å². The van der Waals surface area contributed by atoms with Crippen LogP contribution in [0.4, 0.5) is 5.69 Å². The van der Waals surface area contributed by atoms with Crippen LogP contribution in [0.2, 0.25) is 0 Å². The van der Waals surface area contributed by atoms with Crippen molar-refractivity contribution in [1.82, 2.24) is 10.2 Å². The standard InChI is InChI=1S/C40H57N3O7/c1-40(2,3)42-38(48)34-23-20-28-10-8-9-11-33(28)43(34)25-32-24-35(29-16-14-27(26-44)15-17-29)50-39(49-32)30-18-21-31(22-19-30)41-36(45)12-6-4-5-7-13-37(46)47/h14-19,21-22,28,32-35,39,44H,4-13,20,23-26H2,1-3H3,(H,41,45)(H,42,48)(H,46,47)/t28-,32-,33-,34-,35+,39+/m1/s1. The molecular formula is C40H57N3O7. The maximum Gasteiger partial charge on any atom is 0.303 e. The van der Waals surface area contributed by atoms with E-state index in [9.17, 15) is 19.5 Å². The van der Waals surface area contributed by atoms with Crippen molar-refractivity contribution in [3.63, 3.8) is 0 Å². The fourth-order valence-electron chi connectivity index (χ4n) is 7.86. The number of aliphatic hydroxyl groups excluding tert-OH is 1. The molecule has 10 nitrogen and oxygen atoms in total. The number of carboxylic acid groups (broad SMARTS) is 1. The van der Waals surface area contributed by atoms with E-state index in [1.165, 1.54) is 19.3 Å². The number of ether oxygens (including phenoxy) is 2. The summed E-state index contributed by atoms with van der Waals surface area (Å²) in [5.74, 6) is -0.163. The van der Waals surface area contributed by atoms with Gasteiger partial charge in [0.1, 0.15) is 0 Å². The van der Waals surface area contributed by atoms with Crippen LogP contribution in [0.5, 0.6) is 0 Å². The first-order chi connectivity index (χ1) is 24.0. The number of hydrogen-bond donors (Lipinski definition) is 4. The van der Waals surface area contributed by atoms with E-state index in [1.807, 2.05) is 69.3 Å². The Morgan fingerprint density at radius 2 is 1.52 bits per heavy atom. The zero-order valence-electron chi connectivity index (χ0n) is 30.1. The number of unbranched alkanes of at least 4 members (excludes halogenated alkanes) is 3. The molecular weight excluding hydrogens is 634 g/mol. The number of carboxylic acids is 1. The number of rotatable bonds is 14. The van der Waals surface area contributed by atoms with Gasteiger partial charge in [0.25, 0.3) is 0 Å². The quantitative estimate of drug-likeness (QED) is 0.155. The normalized spacial score (nSPS) is 25.8. The second kappa shape index (κ2) is 17.8. The van der Waals surface area contributed by atoms with Crippen molar-refractivity contribution < 1.29 is 34.1 Å². The fraction of sp³-hybridized carbons (Fsp3) is 0.625. The Balaban J connectivity index is 1.29. The highest BCUT2D eigenvalue weighted by Gasteiger charge is 2.44. The molecule has 274 valence electrons. The summed E-state index contributed by atoms with van der Waals surface area (Å²) in [6.07, 6.45) is 9.76. The highest BCUT2D eigenvalue weighted by Crippen LogP contribution is 2.42. The molecule has 5 rings (SSSR count). The van der Waals surface area contributed by atoms with Gasteiger partial charge in [-0.2, -0.15) is 0 Å². The van der Waals surface area contributed by atoms with E-state index in [0.717, 1.165) is 48.8 Å². The van der Waals surface area contributed by atoms with Gasteiger partial charge in [0, 0.05) is 48.6 Å². The van der Waals surface area contributed by atoms with Crippen molar-refractivity contribution in [2.75, 3.05) is 11.9 Å². The molecule has 0 aromatic heterocycles. The number of anilines is 1. The number of nitrogens with one attached hydrogen (secondary N) is 2. The summed E-state index contributed by atoms with van der Waals surface area (Å²) >= 11 is 0. The number of aliphatic hydroxyl groups is 1. The minimum atomic E-state index is -0.785. The largest absolute Gasteiger partial charge is 0.481 e. The minimum Gasteiger partial charge on any atom is -0.481 e. The SMILES string of the molecule is CC(C)(C)NC(=O)[C@H]1CC[C@H]2CCCC[C@H]2N1C[C@H]1C[C@@H](c2ccc(CO)cc2)O[C@@H](c2ccc(NC(=O)CCCCCCC(=O)O)cc2)O1. The summed E-state index contributed by atoms with van der Waals surface area (Å²) in [6, 6.07) is 15.6. The lowest BCUT2D eigenvalue weighted by atomic mass is 9.75. The van der Waals surface area contributed by atoms with Crippen molar-refractivity contribution >= 4 is 23.5 Å². The Bertz CT molecular complexity index is 1410. The van der Waals surface area contributed by atoms with E-state index in [0.29, 0.717) is 49.9 Å². The summed E-state index contributed by atoms with van der Waals surface area (Å²) in [5, 5.41) is 24.6. The molecule has 3 aliphatic rings. The molecule has 0 spiro atoms. The van der Waals surface area contributed by atoms with Crippen molar-refractivity contribution in [2.45, 2.75) is 147 Å². The van der Waals surface area contributed by atoms with E-state index in [4.69, 9.17) is 14.6 Å². The van der Waals surface area contributed by atoms with Crippen LogP contribution in [0.15, 0.2) is 48.5 Å². The van der Waals surface area contributed by atoms with Gasteiger partial charge in [-0.05, 0) is 88.5 Å². The van der Waals surface area contributed by atoms with E-state index in [1.54, 1.807) is 0 Å². The van der Waals surface area contributed by atoms with Crippen molar-refractivity contribution in [2.24, 2.45) is 5.92 Å². The Hall–Kier alpha value is -3.31. The third kappa shape index (κ3) is 10.8. The number of amides is 2. The number of aliphatic carboxylic acids is 1. The van der Waals surface area contributed by atoms with Crippen LogP contribution in [-0.4, -0.2) is 63.2 Å². The molecule has 0 radical (unpaired) electrons. The Morgan fingerprint density at radius 3 is 2.20 bits per heavy atom. The molecule has 10 heteroatoms. The number of likely N-dealkylation sites (tertiary alicyclic amines) is 1. The maximum absolute atomic E-state index is 13.7. The molecule has 2 aliphatic heterocycles. The lowest BCUT2D eigenvalue weighted by Crippen LogP contribution is -2.61. The molecule has 2 heterocycles. The molecule has 1 saturated carbocycles. The van der Waals surface area contributed by atoms with Gasteiger partial charge in [-0.15, -0.1) is 0 Å². The molecule has 3 fully saturated rings. The van der Waals surface area contributed by atoms with Crippen LogP contribution >= 0.6 is 0 Å². The molecule has 2 aromatic carbocycles. The first-order valence-corrected chi connectivity index (χ1v) is 18.7. The van der Waals surface area contributed by atoms with Gasteiger partial charge in [0.2, 0.25) is 11.8 Å². The van der Waals surface area contributed by atoms with Gasteiger partial charge in [-0.3, -0.25) is 19.3 Å². The highest BCUT2D eigenvalue weighted by atomic mass is 16.7. The third-order valence-electron chi connectivity index (χ3n) is 10.3. The molecule has 2 amide bonds. The fourth-order valence-corrected chi connectivity index (χ4v) is 7.86. The lowest BCUT2D eigenvalue weighted by Gasteiger charge is -2.50. The Morgan fingerprint density at radius 1 is 0.840 bits per heavy atom. The average Bonchev–Trinajstić information content (AvgIpc) is 3.09. The summed E-state index contributed by atoms with van der Waals surface area (Å²) in [7, 11) is 0. The third-order valence-corrected chi connectivity index (χ3v) is 10.3. The van der Waals surface area contributed by atoms with Crippen molar-refractivity contribution in [3.8, 4) is 0 Å². The molecule has 0 unspecified atom stereocenters. The summed E-state index contributed by atoms with van der Waals surface area (Å²) in [4.78, 5) is 39.4. The van der Waals surface area contributed by atoms with Gasteiger partial charge in [-0.25, -0.2) is 0 Å². The number of hydrogen-bond acceptors (Lipinski definition) is 7. The maximum atomic E-state index is 13.7. The number of carbonyl (C=O) groups is 3. The molecule has 2 aromatic rings. The number of nitrogens with zero attached hydrogens (tertiary/aromatic N) is 1. The molecule has 2 saturated heterocycles. The van der Waals surface area contributed by atoms with Crippen LogP contribution in [-0.2, 0) is 30.5 Å². The molecule has 4 N–H and O–H groups in total. The van der Waals surface area contributed by atoms with Gasteiger partial charge >= 0.3 is 5.97 Å². The molecule has 6 atom stereocenters. The zero-order valence-corrected chi connectivity index (χ0v) is 30.1. The monoisotopic (exact) mass is 691 g/mol. The predicted octanol–water partition coefficient (Wildman–Crippen LogP) is 7.03. The van der Waals surface area contributed by atoms with E-state index in [-0.39, 0.29) is 48.6 Å². The average molecular weight is 692 g/mol. The van der Waals surface area contributed by atoms with Crippen LogP contribution in [0, 0.1) is 5.92 Å². The van der Waals surface area contributed by atoms with Crippen molar-refractivity contribution in [1.29, 1.82) is 0 Å². The first kappa shape index (κ1) is 37.9. The van der Waals surface area contributed by atoms with Gasteiger partial charge < -0.3 is 30.3 Å². The summed E-state index contributed by atoms with van der Waals surface area (Å²) < 4.78 is 13.4. The topological polar surface area (TPSA) is 137 Å². The molecule has 1 aliphatic carbocycles. The minimum absolute atomic E-state index is 0.0224. The Kier molecular flexibility index (Phi) is 13.5. The van der Waals surface area contributed by atoms with Crippen LogP contribution < -0.4 is 10.6 Å². The second-order valence-electron chi connectivity index (χ2n) is 15.5. The van der Waals surface area contributed by atoms with Gasteiger partial charge in [0.05, 0.1) is 24.9 Å². The van der Waals surface area contributed by atoms with Crippen LogP contribution in [0.25, 0.3) is 0 Å².